The van der Waals surface area contributed by atoms with Crippen molar-refractivity contribution in [3.8, 4) is 0 Å². The number of carbonyl (C=O) groups is 1. The van der Waals surface area contributed by atoms with E-state index in [-0.39, 0.29) is 6.23 Å². The summed E-state index contributed by atoms with van der Waals surface area (Å²) in [5.41, 5.74) is 0. The van der Waals surface area contributed by atoms with Crippen molar-refractivity contribution in [3.63, 3.8) is 0 Å². The predicted molar refractivity (Wildman–Crippen MR) is 89.2 cm³/mol. The van der Waals surface area contributed by atoms with Gasteiger partial charge in [-0.2, -0.15) is 0 Å². The first-order valence-electron chi connectivity index (χ1n) is 6.86. The summed E-state index contributed by atoms with van der Waals surface area (Å²) < 4.78 is 47.8. The molecule has 0 atom stereocenters. The lowest BCUT2D eigenvalue weighted by Gasteiger charge is -2.32. The van der Waals surface area contributed by atoms with Gasteiger partial charge < -0.3 is 40.1 Å². The number of rotatable bonds is 14. The lowest BCUT2D eigenvalue weighted by Crippen LogP contribution is -2.56. The highest BCUT2D eigenvalue weighted by Crippen LogP contribution is 2.17. The number of ether oxygens (including phenoxy) is 1. The summed E-state index contributed by atoms with van der Waals surface area (Å²) in [6.45, 7) is 3.33. The number of esters is 1. The van der Waals surface area contributed by atoms with Crippen LogP contribution in [-0.4, -0.2) is 88.4 Å². The lowest BCUT2D eigenvalue weighted by molar-refractivity contribution is -0.136. The average molecular weight is 403 g/mol. The Morgan fingerprint density at radius 3 is 1.58 bits per heavy atom. The Bertz CT molecular complexity index is 337. The van der Waals surface area contributed by atoms with Gasteiger partial charge in [0, 0.05) is 48.7 Å². The van der Waals surface area contributed by atoms with E-state index < -0.39 is 39.5 Å². The molecule has 0 saturated carbocycles. The van der Waals surface area contributed by atoms with Crippen molar-refractivity contribution in [2.75, 3.05) is 48.9 Å². The molecule has 0 radical (unpaired) electrons. The first-order chi connectivity index (χ1) is 11.4. The zero-order valence-electron chi connectivity index (χ0n) is 14.9. The van der Waals surface area contributed by atoms with Crippen LogP contribution in [0.25, 0.3) is 0 Å². The highest BCUT2D eigenvalue weighted by Gasteiger charge is 2.50. The van der Waals surface area contributed by atoms with Gasteiger partial charge in [-0.05, 0) is 0 Å². The van der Waals surface area contributed by atoms with E-state index in [1.165, 1.54) is 42.7 Å². The van der Waals surface area contributed by atoms with Gasteiger partial charge in [-0.1, -0.05) is 6.58 Å². The summed E-state index contributed by atoms with van der Waals surface area (Å²) in [4.78, 5) is 11.2. The molecule has 24 heavy (non-hydrogen) atoms. The molecule has 0 amide bonds. The van der Waals surface area contributed by atoms with E-state index in [0.29, 0.717) is 0 Å². The predicted octanol–water partition coefficient (Wildman–Crippen LogP) is -1.09. The van der Waals surface area contributed by atoms with Crippen molar-refractivity contribution in [2.24, 2.45) is 0 Å². The van der Waals surface area contributed by atoms with Crippen LogP contribution in [0.15, 0.2) is 12.7 Å². The Kier molecular flexibility index (Phi) is 11.8. The van der Waals surface area contributed by atoms with Gasteiger partial charge in [-0.25, -0.2) is 4.79 Å². The first-order valence-corrected chi connectivity index (χ1v) is 11.9. The van der Waals surface area contributed by atoms with Crippen LogP contribution in [0.4, 0.5) is 0 Å². The molecule has 0 aliphatic carbocycles. The van der Waals surface area contributed by atoms with E-state index >= 15 is 0 Å². The summed E-state index contributed by atoms with van der Waals surface area (Å²) in [6, 6.07) is 0. The Balaban J connectivity index is 5.12. The fraction of sp³-hybridized carbons (Fsp3) is 0.727. The van der Waals surface area contributed by atoms with Gasteiger partial charge in [-0.3, -0.25) is 0 Å². The maximum Gasteiger partial charge on any atom is 0.680 e. The molecule has 0 heterocycles. The Morgan fingerprint density at radius 2 is 1.29 bits per heavy atom. The quantitative estimate of drug-likeness (QED) is 0.154. The zero-order valence-corrected chi connectivity index (χ0v) is 18.3. The van der Waals surface area contributed by atoms with Crippen molar-refractivity contribution in [1.82, 2.24) is 0 Å². The van der Waals surface area contributed by atoms with Crippen LogP contribution >= 0.6 is 0 Å². The number of hydrogen-bond donors (Lipinski definition) is 0. The van der Waals surface area contributed by atoms with E-state index in [2.05, 4.69) is 6.58 Å². The van der Waals surface area contributed by atoms with E-state index in [4.69, 9.17) is 40.1 Å². The Labute approximate surface area is 146 Å². The summed E-state index contributed by atoms with van der Waals surface area (Å²) in [6.07, 6.45) is 1.20. The van der Waals surface area contributed by atoms with Crippen LogP contribution < -0.4 is 0 Å². The van der Waals surface area contributed by atoms with Gasteiger partial charge in [0.15, 0.2) is 0 Å². The van der Waals surface area contributed by atoms with Crippen LogP contribution in [0.2, 0.25) is 0 Å². The van der Waals surface area contributed by atoms with Gasteiger partial charge in [0.05, 0.1) is 6.23 Å². The third-order valence-corrected chi connectivity index (χ3v) is 8.83. The third-order valence-electron chi connectivity index (χ3n) is 2.82. The zero-order chi connectivity index (χ0) is 18.6. The first kappa shape index (κ1) is 23.5. The normalized spacial score (nSPS) is 13.0. The minimum absolute atomic E-state index is 0.124. The van der Waals surface area contributed by atoms with E-state index in [1.807, 2.05) is 0 Å². The molecule has 0 aliphatic rings. The number of hydrogen-bond acceptors (Lipinski definition) is 10. The molecule has 0 bridgehead atoms. The SMILES string of the molecule is C=CC(=O)OC[SiH2]C(O[Si](OC)(OC)OC)O[Si](OC)(OC)OC. The van der Waals surface area contributed by atoms with Crippen molar-refractivity contribution in [3.05, 3.63) is 12.7 Å². The highest BCUT2D eigenvalue weighted by atomic mass is 28.4. The van der Waals surface area contributed by atoms with Gasteiger partial charge in [0.25, 0.3) is 0 Å². The Hall–Kier alpha value is -0.459. The smallest absolute Gasteiger partial charge is 0.467 e. The number of carbonyl (C=O) groups excluding carboxylic acids is 1. The second kappa shape index (κ2) is 12.0. The van der Waals surface area contributed by atoms with Crippen molar-refractivity contribution in [1.29, 1.82) is 0 Å². The molecule has 0 aromatic carbocycles. The average Bonchev–Trinajstić information content (AvgIpc) is 2.63. The fourth-order valence-corrected chi connectivity index (χ4v) is 6.66. The van der Waals surface area contributed by atoms with Crippen LogP contribution in [0.5, 0.6) is 0 Å². The third kappa shape index (κ3) is 7.20. The maximum absolute atomic E-state index is 11.2. The van der Waals surface area contributed by atoms with Crippen molar-refractivity contribution < 1.29 is 44.9 Å². The van der Waals surface area contributed by atoms with E-state index in [1.54, 1.807) is 0 Å². The fourth-order valence-electron chi connectivity index (χ4n) is 1.57. The van der Waals surface area contributed by atoms with Gasteiger partial charge in [-0.15, -0.1) is 0 Å². The molecule has 0 aliphatic heterocycles. The van der Waals surface area contributed by atoms with E-state index in [0.717, 1.165) is 6.08 Å². The van der Waals surface area contributed by atoms with Crippen LogP contribution in [0.3, 0.4) is 0 Å². The van der Waals surface area contributed by atoms with Gasteiger partial charge in [0.2, 0.25) is 0 Å². The molecule has 0 saturated heterocycles. The van der Waals surface area contributed by atoms with Crippen molar-refractivity contribution in [2.45, 2.75) is 5.91 Å². The molecular weight excluding hydrogens is 376 g/mol. The molecule has 13 heteroatoms. The minimum Gasteiger partial charge on any atom is -0.467 e. The molecule has 0 rings (SSSR count). The van der Waals surface area contributed by atoms with Crippen LogP contribution in [-0.2, 0) is 44.9 Å². The van der Waals surface area contributed by atoms with Crippen LogP contribution in [0, 0.1) is 0 Å². The lowest BCUT2D eigenvalue weighted by atomic mass is 10.7. The summed E-state index contributed by atoms with van der Waals surface area (Å²) >= 11 is 0. The molecule has 10 nitrogen and oxygen atoms in total. The summed E-state index contributed by atoms with van der Waals surface area (Å²) in [5, 5.41) is 0. The summed E-state index contributed by atoms with van der Waals surface area (Å²) in [5.74, 6) is -1.40. The molecule has 0 aromatic heterocycles. The standard InChI is InChI=1S/C11H26O10Si3/c1-8-10(12)19-9-22-11(20-23(13-2,14-3)15-4)21-24(16-5,17-6)18-7/h8,11H,1,9,22H2,2-7H3. The largest absolute Gasteiger partial charge is 0.680 e. The summed E-state index contributed by atoms with van der Waals surface area (Å²) in [7, 11) is 0.266. The minimum atomic E-state index is -3.40. The molecule has 0 spiro atoms. The molecular formula is C11H26O10Si3. The molecule has 0 aromatic rings. The van der Waals surface area contributed by atoms with Gasteiger partial charge >= 0.3 is 24.1 Å². The molecule has 0 N–H and O–H groups in total. The van der Waals surface area contributed by atoms with Gasteiger partial charge in [0.1, 0.15) is 15.4 Å². The topological polar surface area (TPSA) is 100 Å². The maximum atomic E-state index is 11.2. The second-order valence-electron chi connectivity index (χ2n) is 4.05. The monoisotopic (exact) mass is 402 g/mol. The van der Waals surface area contributed by atoms with Crippen molar-refractivity contribution >= 4 is 33.6 Å². The molecule has 0 unspecified atom stereocenters. The van der Waals surface area contributed by atoms with E-state index in [9.17, 15) is 4.79 Å². The second-order valence-corrected chi connectivity index (χ2v) is 10.6. The molecule has 0 fully saturated rings. The van der Waals surface area contributed by atoms with Crippen LogP contribution in [0.1, 0.15) is 0 Å². The molecule has 142 valence electrons. The Morgan fingerprint density at radius 1 is 0.917 bits per heavy atom. The highest BCUT2D eigenvalue weighted by molar-refractivity contribution is 6.56.